The van der Waals surface area contributed by atoms with Crippen LogP contribution in [0.2, 0.25) is 0 Å². The number of rotatable bonds is 6. The van der Waals surface area contributed by atoms with Crippen molar-refractivity contribution in [1.82, 2.24) is 9.97 Å². The van der Waals surface area contributed by atoms with Crippen molar-refractivity contribution in [3.8, 4) is 5.88 Å². The number of aliphatic imine (C=N–C) groups is 1. The number of amides is 1. The first kappa shape index (κ1) is 25.4. The van der Waals surface area contributed by atoms with Gasteiger partial charge in [0.25, 0.3) is 17.9 Å². The number of hydrogen-bond donors (Lipinski definition) is 2. The van der Waals surface area contributed by atoms with Gasteiger partial charge < -0.3 is 20.5 Å². The highest BCUT2D eigenvalue weighted by atomic mass is 19.4. The Kier molecular flexibility index (Phi) is 6.43. The van der Waals surface area contributed by atoms with Crippen molar-refractivity contribution in [2.24, 2.45) is 16.6 Å². The monoisotopic (exact) mass is 521 g/mol. The quantitative estimate of drug-likeness (QED) is 0.561. The van der Waals surface area contributed by atoms with E-state index < -0.39 is 85.0 Å². The Bertz CT molecular complexity index is 1180. The number of fused-ring (bicyclic) bond motifs is 1. The van der Waals surface area contributed by atoms with Crippen LogP contribution in [0.25, 0.3) is 0 Å². The van der Waals surface area contributed by atoms with Gasteiger partial charge in [0, 0.05) is 30.0 Å². The van der Waals surface area contributed by atoms with Crippen molar-refractivity contribution in [2.75, 3.05) is 18.6 Å². The summed E-state index contributed by atoms with van der Waals surface area (Å²) < 4.78 is 104. The van der Waals surface area contributed by atoms with E-state index in [0.29, 0.717) is 0 Å². The van der Waals surface area contributed by atoms with Gasteiger partial charge in [-0.1, -0.05) is 0 Å². The van der Waals surface area contributed by atoms with Crippen molar-refractivity contribution in [2.45, 2.75) is 36.6 Å². The van der Waals surface area contributed by atoms with Crippen LogP contribution in [0.3, 0.4) is 0 Å². The summed E-state index contributed by atoms with van der Waals surface area (Å²) in [6.45, 7) is -2.97. The molecule has 3 atom stereocenters. The first-order chi connectivity index (χ1) is 16.8. The molecule has 2 aliphatic rings. The van der Waals surface area contributed by atoms with Crippen molar-refractivity contribution in [1.29, 1.82) is 0 Å². The largest absolute Gasteiger partial charge is 0.467 e. The summed E-state index contributed by atoms with van der Waals surface area (Å²) in [5.74, 6) is -6.77. The second-order valence-electron chi connectivity index (χ2n) is 8.33. The molecule has 15 heteroatoms. The summed E-state index contributed by atoms with van der Waals surface area (Å²) in [6.07, 6.45) is -5.69. The van der Waals surface area contributed by atoms with Crippen LogP contribution in [0, 0.1) is 11.7 Å². The molecule has 2 heterocycles. The molecular formula is C21H18F7N5O3. The van der Waals surface area contributed by atoms with Crippen LogP contribution in [0.5, 0.6) is 5.88 Å². The molecule has 2 aromatic rings. The molecule has 0 radical (unpaired) electrons. The SMILES string of the molecule is NC1=NC(CF)(c2cc(NC(=O)c3cnc(OCC(F)(F)F)cn3)ccc2F)C2CC(F)(F)CC2O1. The highest BCUT2D eigenvalue weighted by Gasteiger charge is 2.60. The number of carbonyl (C=O) groups is 1. The molecule has 1 aromatic heterocycles. The third-order valence-electron chi connectivity index (χ3n) is 5.80. The molecule has 1 aliphatic heterocycles. The zero-order valence-corrected chi connectivity index (χ0v) is 18.2. The van der Waals surface area contributed by atoms with E-state index in [1.165, 1.54) is 0 Å². The Balaban J connectivity index is 1.58. The molecule has 1 fully saturated rings. The number of halogens is 7. The minimum absolute atomic E-state index is 0.0648. The van der Waals surface area contributed by atoms with Gasteiger partial charge in [0.15, 0.2) is 6.61 Å². The highest BCUT2D eigenvalue weighted by Crippen LogP contribution is 2.53. The van der Waals surface area contributed by atoms with Gasteiger partial charge in [0.05, 0.1) is 12.4 Å². The molecule has 0 bridgehead atoms. The molecule has 3 N–H and O–H groups in total. The Hall–Kier alpha value is -3.65. The van der Waals surface area contributed by atoms with E-state index in [-0.39, 0.29) is 11.4 Å². The standard InChI is InChI=1S/C21H18F7N5O3/c22-8-20(12-4-19(24,25)5-15(12)36-18(29)33-20)11-3-10(1-2-13(11)23)32-17(34)14-6-31-16(7-30-14)35-9-21(26,27)28/h1-3,6-7,12,15H,4-5,8-9H2,(H2,29,33)(H,32,34). The number of alkyl halides is 6. The number of amidine groups is 1. The maximum absolute atomic E-state index is 14.9. The van der Waals surface area contributed by atoms with Gasteiger partial charge in [-0.05, 0) is 18.2 Å². The van der Waals surface area contributed by atoms with Gasteiger partial charge in [0.1, 0.15) is 29.8 Å². The van der Waals surface area contributed by atoms with Crippen LogP contribution < -0.4 is 15.8 Å². The Labute approximate surface area is 198 Å². The highest BCUT2D eigenvalue weighted by molar-refractivity contribution is 6.02. The zero-order chi connectivity index (χ0) is 26.3. The van der Waals surface area contributed by atoms with Crippen molar-refractivity contribution in [3.05, 3.63) is 47.7 Å². The summed E-state index contributed by atoms with van der Waals surface area (Å²) in [7, 11) is 0. The predicted octanol–water partition coefficient (Wildman–Crippen LogP) is 3.73. The first-order valence-corrected chi connectivity index (χ1v) is 10.4. The van der Waals surface area contributed by atoms with Crippen LogP contribution in [0.15, 0.2) is 35.6 Å². The number of hydrogen-bond acceptors (Lipinski definition) is 7. The third-order valence-corrected chi connectivity index (χ3v) is 5.80. The summed E-state index contributed by atoms with van der Waals surface area (Å²) >= 11 is 0. The molecule has 194 valence electrons. The molecular weight excluding hydrogens is 503 g/mol. The molecule has 0 saturated heterocycles. The average Bonchev–Trinajstić information content (AvgIpc) is 3.12. The first-order valence-electron chi connectivity index (χ1n) is 10.4. The summed E-state index contributed by atoms with van der Waals surface area (Å²) in [6, 6.07) is 2.50. The second kappa shape index (κ2) is 9.09. The Morgan fingerprint density at radius 2 is 1.97 bits per heavy atom. The normalized spacial score (nSPS) is 24.9. The van der Waals surface area contributed by atoms with Crippen LogP contribution in [-0.2, 0) is 10.3 Å². The van der Waals surface area contributed by atoms with Crippen molar-refractivity contribution < 1.29 is 45.0 Å². The second-order valence-corrected chi connectivity index (χ2v) is 8.33. The van der Waals surface area contributed by atoms with E-state index in [9.17, 15) is 35.5 Å². The number of carbonyl (C=O) groups excluding carboxylic acids is 1. The summed E-state index contributed by atoms with van der Waals surface area (Å²) in [5, 5.41) is 2.36. The van der Waals surface area contributed by atoms with E-state index in [4.69, 9.17) is 10.5 Å². The topological polar surface area (TPSA) is 112 Å². The van der Waals surface area contributed by atoms with Gasteiger partial charge in [-0.3, -0.25) is 4.79 Å². The molecule has 3 unspecified atom stereocenters. The Morgan fingerprint density at radius 3 is 2.61 bits per heavy atom. The molecule has 0 spiro atoms. The fraction of sp³-hybridized carbons (Fsp3) is 0.429. The molecule has 36 heavy (non-hydrogen) atoms. The molecule has 1 aromatic carbocycles. The molecule has 1 aliphatic carbocycles. The van der Waals surface area contributed by atoms with Gasteiger partial charge in [0.2, 0.25) is 5.88 Å². The van der Waals surface area contributed by atoms with Crippen LogP contribution in [0.1, 0.15) is 28.9 Å². The van der Waals surface area contributed by atoms with E-state index in [2.05, 4.69) is 25.0 Å². The fourth-order valence-electron chi connectivity index (χ4n) is 4.29. The summed E-state index contributed by atoms with van der Waals surface area (Å²) in [4.78, 5) is 23.6. The van der Waals surface area contributed by atoms with E-state index >= 15 is 0 Å². The maximum Gasteiger partial charge on any atom is 0.422 e. The minimum atomic E-state index is -4.59. The van der Waals surface area contributed by atoms with Crippen LogP contribution in [-0.4, -0.2) is 53.4 Å². The number of aromatic nitrogens is 2. The van der Waals surface area contributed by atoms with E-state index in [1.54, 1.807) is 0 Å². The van der Waals surface area contributed by atoms with Gasteiger partial charge in [-0.2, -0.15) is 13.2 Å². The minimum Gasteiger partial charge on any atom is -0.467 e. The molecule has 8 nitrogen and oxygen atoms in total. The average molecular weight is 521 g/mol. The fourth-order valence-corrected chi connectivity index (χ4v) is 4.29. The Morgan fingerprint density at radius 1 is 1.22 bits per heavy atom. The van der Waals surface area contributed by atoms with Crippen LogP contribution in [0.4, 0.5) is 36.4 Å². The zero-order valence-electron chi connectivity index (χ0n) is 18.2. The van der Waals surface area contributed by atoms with E-state index in [0.717, 1.165) is 30.6 Å². The lowest BCUT2D eigenvalue weighted by molar-refractivity contribution is -0.154. The number of nitrogens with one attached hydrogen (secondary N) is 1. The molecule has 1 amide bonds. The lowest BCUT2D eigenvalue weighted by Gasteiger charge is -2.40. The number of nitrogens with zero attached hydrogens (tertiary/aromatic N) is 3. The van der Waals surface area contributed by atoms with Crippen molar-refractivity contribution in [3.63, 3.8) is 0 Å². The third kappa shape index (κ3) is 5.14. The smallest absolute Gasteiger partial charge is 0.422 e. The van der Waals surface area contributed by atoms with Gasteiger partial charge in [-0.15, -0.1) is 0 Å². The molecule has 1 saturated carbocycles. The predicted molar refractivity (Wildman–Crippen MR) is 110 cm³/mol. The number of nitrogens with two attached hydrogens (primary N) is 1. The van der Waals surface area contributed by atoms with Gasteiger partial charge >= 0.3 is 6.18 Å². The summed E-state index contributed by atoms with van der Waals surface area (Å²) in [5.41, 5.74) is 2.68. The lowest BCUT2D eigenvalue weighted by Crippen LogP contribution is -2.48. The maximum atomic E-state index is 14.9. The lowest BCUT2D eigenvalue weighted by atomic mass is 9.76. The van der Waals surface area contributed by atoms with Crippen LogP contribution >= 0.6 is 0 Å². The van der Waals surface area contributed by atoms with Gasteiger partial charge in [-0.25, -0.2) is 32.5 Å². The van der Waals surface area contributed by atoms with Crippen molar-refractivity contribution >= 4 is 17.6 Å². The molecule has 4 rings (SSSR count). The number of ether oxygens (including phenoxy) is 2. The number of anilines is 1. The van der Waals surface area contributed by atoms with E-state index in [1.807, 2.05) is 0 Å². The number of benzene rings is 1.